The second-order valence-electron chi connectivity index (χ2n) is 6.63. The minimum absolute atomic E-state index is 0.0985. The summed E-state index contributed by atoms with van der Waals surface area (Å²) >= 11 is 0. The molecule has 7 heteroatoms. The number of pyridine rings is 1. The Morgan fingerprint density at radius 2 is 2.15 bits per heavy atom. The number of nitrogens with zero attached hydrogens (tertiary/aromatic N) is 5. The van der Waals surface area contributed by atoms with E-state index in [2.05, 4.69) is 19.9 Å². The topological polar surface area (TPSA) is 71.5 Å². The molecule has 1 fully saturated rings. The molecule has 0 saturated carbocycles. The van der Waals surface area contributed by atoms with E-state index in [1.165, 1.54) is 6.33 Å². The SMILES string of the molecule is COC[C@@H]1CN(c2ccncn2)C[C@H]1C(=O)N(C)CCc1ccccn1. The van der Waals surface area contributed by atoms with E-state index in [4.69, 9.17) is 4.74 Å². The predicted octanol–water partition coefficient (Wildman–Crippen LogP) is 1.27. The fraction of sp³-hybridized carbons (Fsp3) is 0.474. The van der Waals surface area contributed by atoms with Crippen molar-refractivity contribution >= 4 is 11.7 Å². The number of methoxy groups -OCH3 is 1. The second-order valence-corrected chi connectivity index (χ2v) is 6.63. The summed E-state index contributed by atoms with van der Waals surface area (Å²) in [6, 6.07) is 7.73. The van der Waals surface area contributed by atoms with E-state index >= 15 is 0 Å². The summed E-state index contributed by atoms with van der Waals surface area (Å²) in [4.78, 5) is 29.6. The van der Waals surface area contributed by atoms with Crippen LogP contribution in [-0.2, 0) is 16.0 Å². The van der Waals surface area contributed by atoms with Crippen molar-refractivity contribution in [2.75, 3.05) is 45.3 Å². The molecule has 138 valence electrons. The number of amides is 1. The summed E-state index contributed by atoms with van der Waals surface area (Å²) in [5.41, 5.74) is 0.995. The Morgan fingerprint density at radius 3 is 2.85 bits per heavy atom. The van der Waals surface area contributed by atoms with Gasteiger partial charge >= 0.3 is 0 Å². The number of hydrogen-bond donors (Lipinski definition) is 0. The molecule has 1 aliphatic heterocycles. The number of carbonyl (C=O) groups excluding carboxylic acids is 1. The van der Waals surface area contributed by atoms with Gasteiger partial charge in [-0.25, -0.2) is 9.97 Å². The van der Waals surface area contributed by atoms with Crippen LogP contribution < -0.4 is 4.90 Å². The van der Waals surface area contributed by atoms with Crippen molar-refractivity contribution in [2.24, 2.45) is 11.8 Å². The number of ether oxygens (including phenoxy) is 1. The molecule has 3 heterocycles. The molecule has 1 aliphatic rings. The quantitative estimate of drug-likeness (QED) is 0.745. The van der Waals surface area contributed by atoms with Gasteiger partial charge in [0, 0.05) is 64.2 Å². The highest BCUT2D eigenvalue weighted by Crippen LogP contribution is 2.28. The van der Waals surface area contributed by atoms with Gasteiger partial charge in [-0.05, 0) is 18.2 Å². The normalized spacial score (nSPS) is 19.5. The molecule has 0 radical (unpaired) electrons. The molecule has 2 aromatic rings. The highest BCUT2D eigenvalue weighted by Gasteiger charge is 2.39. The van der Waals surface area contributed by atoms with Crippen LogP contribution in [0.3, 0.4) is 0 Å². The first-order valence-electron chi connectivity index (χ1n) is 8.84. The number of anilines is 1. The lowest BCUT2D eigenvalue weighted by Gasteiger charge is -2.24. The molecule has 2 aromatic heterocycles. The zero-order valence-electron chi connectivity index (χ0n) is 15.3. The van der Waals surface area contributed by atoms with Crippen molar-refractivity contribution < 1.29 is 9.53 Å². The molecule has 0 spiro atoms. The highest BCUT2D eigenvalue weighted by molar-refractivity contribution is 5.80. The Balaban J connectivity index is 1.63. The van der Waals surface area contributed by atoms with Crippen molar-refractivity contribution in [2.45, 2.75) is 6.42 Å². The van der Waals surface area contributed by atoms with Crippen LogP contribution in [0.5, 0.6) is 0 Å². The second kappa shape index (κ2) is 8.71. The van der Waals surface area contributed by atoms with Crippen molar-refractivity contribution in [3.05, 3.63) is 48.7 Å². The molecule has 0 unspecified atom stereocenters. The van der Waals surface area contributed by atoms with Crippen LogP contribution in [0.1, 0.15) is 5.69 Å². The minimum Gasteiger partial charge on any atom is -0.384 e. The van der Waals surface area contributed by atoms with Gasteiger partial charge in [-0.3, -0.25) is 9.78 Å². The molecular weight excluding hydrogens is 330 g/mol. The molecule has 0 aromatic carbocycles. The van der Waals surface area contributed by atoms with Crippen LogP contribution in [-0.4, -0.2) is 66.2 Å². The van der Waals surface area contributed by atoms with E-state index in [1.807, 2.05) is 36.2 Å². The molecule has 1 amide bonds. The molecule has 0 bridgehead atoms. The monoisotopic (exact) mass is 355 g/mol. The molecule has 3 rings (SSSR count). The Hall–Kier alpha value is -2.54. The summed E-state index contributed by atoms with van der Waals surface area (Å²) in [6.45, 7) is 2.62. The molecule has 0 N–H and O–H groups in total. The zero-order valence-corrected chi connectivity index (χ0v) is 15.3. The Bertz CT molecular complexity index is 698. The third-order valence-corrected chi connectivity index (χ3v) is 4.84. The number of hydrogen-bond acceptors (Lipinski definition) is 6. The Morgan fingerprint density at radius 1 is 1.27 bits per heavy atom. The molecule has 2 atom stereocenters. The van der Waals surface area contributed by atoms with E-state index in [-0.39, 0.29) is 17.7 Å². The van der Waals surface area contributed by atoms with Crippen LogP contribution in [0.15, 0.2) is 43.0 Å². The van der Waals surface area contributed by atoms with Gasteiger partial charge in [0.05, 0.1) is 12.5 Å². The average Bonchev–Trinajstić information content (AvgIpc) is 3.11. The third-order valence-electron chi connectivity index (χ3n) is 4.84. The zero-order chi connectivity index (χ0) is 18.4. The van der Waals surface area contributed by atoms with Crippen molar-refractivity contribution in [3.8, 4) is 0 Å². The summed E-state index contributed by atoms with van der Waals surface area (Å²) in [6.07, 6.45) is 5.79. The molecule has 0 aliphatic carbocycles. The van der Waals surface area contributed by atoms with Gasteiger partial charge in [0.1, 0.15) is 12.1 Å². The Kier molecular flexibility index (Phi) is 6.12. The van der Waals surface area contributed by atoms with Crippen molar-refractivity contribution in [3.63, 3.8) is 0 Å². The number of rotatable bonds is 7. The first-order valence-corrected chi connectivity index (χ1v) is 8.84. The maximum absolute atomic E-state index is 13.0. The summed E-state index contributed by atoms with van der Waals surface area (Å²) in [5, 5.41) is 0. The predicted molar refractivity (Wildman–Crippen MR) is 98.7 cm³/mol. The third kappa shape index (κ3) is 4.35. The van der Waals surface area contributed by atoms with Gasteiger partial charge in [0.2, 0.25) is 5.91 Å². The van der Waals surface area contributed by atoms with E-state index in [1.54, 1.807) is 19.5 Å². The van der Waals surface area contributed by atoms with Crippen LogP contribution in [0.4, 0.5) is 5.82 Å². The first-order chi connectivity index (χ1) is 12.7. The maximum atomic E-state index is 13.0. The van der Waals surface area contributed by atoms with Crippen molar-refractivity contribution in [1.29, 1.82) is 0 Å². The van der Waals surface area contributed by atoms with E-state index in [0.29, 0.717) is 19.7 Å². The van der Waals surface area contributed by atoms with Crippen molar-refractivity contribution in [1.82, 2.24) is 19.9 Å². The smallest absolute Gasteiger partial charge is 0.227 e. The fourth-order valence-electron chi connectivity index (χ4n) is 3.41. The average molecular weight is 355 g/mol. The first kappa shape index (κ1) is 18.3. The van der Waals surface area contributed by atoms with E-state index in [9.17, 15) is 4.79 Å². The molecule has 26 heavy (non-hydrogen) atoms. The maximum Gasteiger partial charge on any atom is 0.227 e. The van der Waals surface area contributed by atoms with Gasteiger partial charge in [-0.1, -0.05) is 6.07 Å². The number of aromatic nitrogens is 3. The lowest BCUT2D eigenvalue weighted by molar-refractivity contribution is -0.135. The molecular formula is C19H25N5O2. The lowest BCUT2D eigenvalue weighted by Crippen LogP contribution is -2.38. The molecule has 7 nitrogen and oxygen atoms in total. The minimum atomic E-state index is -0.0985. The van der Waals surface area contributed by atoms with Gasteiger partial charge in [0.15, 0.2) is 0 Å². The van der Waals surface area contributed by atoms with Crippen LogP contribution in [0.25, 0.3) is 0 Å². The lowest BCUT2D eigenvalue weighted by atomic mass is 9.95. The van der Waals surface area contributed by atoms with Crippen LogP contribution in [0.2, 0.25) is 0 Å². The van der Waals surface area contributed by atoms with Gasteiger partial charge < -0.3 is 14.5 Å². The van der Waals surface area contributed by atoms with Crippen LogP contribution in [0, 0.1) is 11.8 Å². The standard InChI is InChI=1S/C19H25N5O2/c1-23(10-7-16-5-3-4-8-21-16)19(25)17-12-24(11-15(17)13-26-2)18-6-9-20-14-22-18/h3-6,8-9,14-15,17H,7,10-13H2,1-2H3/t15-,17+/m0/s1. The summed E-state index contributed by atoms with van der Waals surface area (Å²) < 4.78 is 5.36. The van der Waals surface area contributed by atoms with Crippen LogP contribution >= 0.6 is 0 Å². The van der Waals surface area contributed by atoms with E-state index < -0.39 is 0 Å². The highest BCUT2D eigenvalue weighted by atomic mass is 16.5. The van der Waals surface area contributed by atoms with E-state index in [0.717, 1.165) is 24.5 Å². The summed E-state index contributed by atoms with van der Waals surface area (Å²) in [7, 11) is 3.54. The van der Waals surface area contributed by atoms with Gasteiger partial charge in [-0.2, -0.15) is 0 Å². The largest absolute Gasteiger partial charge is 0.384 e. The summed E-state index contributed by atoms with van der Waals surface area (Å²) in [5.74, 6) is 1.06. The fourth-order valence-corrected chi connectivity index (χ4v) is 3.41. The number of likely N-dealkylation sites (N-methyl/N-ethyl adjacent to an activating group) is 1. The van der Waals surface area contributed by atoms with Gasteiger partial charge in [0.25, 0.3) is 0 Å². The van der Waals surface area contributed by atoms with Gasteiger partial charge in [-0.15, -0.1) is 0 Å². The number of carbonyl (C=O) groups is 1. The molecule has 1 saturated heterocycles. The Labute approximate surface area is 154 Å².